The standard InChI is InChI=1S/C16H20O3/c1-2-3-4-5-6-8-12-11-14(18)16-13(17)9-7-10-15(16)19-12/h7,9-11,17H,2-6,8H2,1H3. The summed E-state index contributed by atoms with van der Waals surface area (Å²) in [6.45, 7) is 2.19. The SMILES string of the molecule is CCCCCCCc1cc(=O)c2c(O)cccc2o1. The average Bonchev–Trinajstić information content (AvgIpc) is 2.38. The zero-order valence-corrected chi connectivity index (χ0v) is 11.3. The molecule has 0 saturated carbocycles. The van der Waals surface area contributed by atoms with Crippen molar-refractivity contribution in [1.29, 1.82) is 0 Å². The molecule has 0 saturated heterocycles. The normalized spacial score (nSPS) is 11.0. The number of hydrogen-bond acceptors (Lipinski definition) is 3. The zero-order valence-electron chi connectivity index (χ0n) is 11.3. The molecule has 0 aliphatic carbocycles. The summed E-state index contributed by atoms with van der Waals surface area (Å²) in [5, 5.41) is 9.93. The van der Waals surface area contributed by atoms with E-state index in [0.717, 1.165) is 19.3 Å². The fraction of sp³-hybridized carbons (Fsp3) is 0.438. The van der Waals surface area contributed by atoms with Gasteiger partial charge in [0.15, 0.2) is 5.43 Å². The van der Waals surface area contributed by atoms with E-state index in [4.69, 9.17) is 4.42 Å². The van der Waals surface area contributed by atoms with Crippen LogP contribution in [0.3, 0.4) is 0 Å². The van der Waals surface area contributed by atoms with Crippen LogP contribution in [0.1, 0.15) is 44.8 Å². The number of phenolic OH excluding ortho intramolecular Hbond substituents is 1. The van der Waals surface area contributed by atoms with Crippen LogP contribution in [-0.4, -0.2) is 5.11 Å². The molecule has 1 aromatic carbocycles. The van der Waals surface area contributed by atoms with Gasteiger partial charge in [-0.15, -0.1) is 0 Å². The summed E-state index contributed by atoms with van der Waals surface area (Å²) in [7, 11) is 0. The molecule has 0 unspecified atom stereocenters. The van der Waals surface area contributed by atoms with Crippen molar-refractivity contribution in [2.24, 2.45) is 0 Å². The Morgan fingerprint density at radius 3 is 2.74 bits per heavy atom. The number of aryl methyl sites for hydroxylation is 1. The molecular weight excluding hydrogens is 240 g/mol. The number of phenols is 1. The number of unbranched alkanes of at least 4 members (excludes halogenated alkanes) is 4. The zero-order chi connectivity index (χ0) is 13.7. The highest BCUT2D eigenvalue weighted by Crippen LogP contribution is 2.22. The first-order valence-electron chi connectivity index (χ1n) is 6.97. The Balaban J connectivity index is 2.11. The van der Waals surface area contributed by atoms with Crippen molar-refractivity contribution < 1.29 is 9.52 Å². The summed E-state index contributed by atoms with van der Waals surface area (Å²) in [5.41, 5.74) is 0.305. The molecule has 0 spiro atoms. The molecule has 0 aliphatic rings. The van der Waals surface area contributed by atoms with Gasteiger partial charge in [0.05, 0.1) is 0 Å². The highest BCUT2D eigenvalue weighted by atomic mass is 16.3. The summed E-state index contributed by atoms with van der Waals surface area (Å²) in [6, 6.07) is 6.41. The third kappa shape index (κ3) is 3.37. The van der Waals surface area contributed by atoms with Crippen molar-refractivity contribution in [2.45, 2.75) is 45.4 Å². The second-order valence-electron chi connectivity index (χ2n) is 4.89. The number of rotatable bonds is 6. The van der Waals surface area contributed by atoms with Crippen molar-refractivity contribution in [3.63, 3.8) is 0 Å². The molecule has 0 radical (unpaired) electrons. The minimum absolute atomic E-state index is 0.0132. The summed E-state index contributed by atoms with van der Waals surface area (Å²) in [6.07, 6.45) is 6.70. The maximum absolute atomic E-state index is 11.9. The minimum Gasteiger partial charge on any atom is -0.507 e. The van der Waals surface area contributed by atoms with Crippen LogP contribution < -0.4 is 5.43 Å². The van der Waals surface area contributed by atoms with Crippen molar-refractivity contribution in [1.82, 2.24) is 0 Å². The van der Waals surface area contributed by atoms with Crippen molar-refractivity contribution in [2.75, 3.05) is 0 Å². The smallest absolute Gasteiger partial charge is 0.196 e. The molecule has 0 aliphatic heterocycles. The first-order chi connectivity index (χ1) is 9.22. The number of hydrogen-bond donors (Lipinski definition) is 1. The van der Waals surface area contributed by atoms with Crippen LogP contribution in [0.2, 0.25) is 0 Å². The maximum Gasteiger partial charge on any atom is 0.196 e. The van der Waals surface area contributed by atoms with Gasteiger partial charge in [-0.05, 0) is 18.6 Å². The third-order valence-electron chi connectivity index (χ3n) is 3.31. The van der Waals surface area contributed by atoms with Gasteiger partial charge in [0.2, 0.25) is 0 Å². The molecule has 3 heteroatoms. The van der Waals surface area contributed by atoms with Gasteiger partial charge >= 0.3 is 0 Å². The predicted octanol–water partition coefficient (Wildman–Crippen LogP) is 4.01. The number of benzene rings is 1. The van der Waals surface area contributed by atoms with E-state index in [-0.39, 0.29) is 16.6 Å². The lowest BCUT2D eigenvalue weighted by atomic mass is 10.1. The molecule has 1 N–H and O–H groups in total. The van der Waals surface area contributed by atoms with Crippen LogP contribution >= 0.6 is 0 Å². The van der Waals surface area contributed by atoms with Crippen LogP contribution in [0.5, 0.6) is 5.75 Å². The Hall–Kier alpha value is -1.77. The van der Waals surface area contributed by atoms with Crippen LogP contribution in [-0.2, 0) is 6.42 Å². The molecular formula is C16H20O3. The van der Waals surface area contributed by atoms with E-state index in [1.165, 1.54) is 31.4 Å². The van der Waals surface area contributed by atoms with Crippen LogP contribution in [0.15, 0.2) is 33.5 Å². The average molecular weight is 260 g/mol. The summed E-state index contributed by atoms with van der Waals surface area (Å²) >= 11 is 0. The van der Waals surface area contributed by atoms with Crippen molar-refractivity contribution in [3.8, 4) is 5.75 Å². The van der Waals surface area contributed by atoms with Crippen LogP contribution in [0, 0.1) is 0 Å². The Labute approximate surface area is 112 Å². The first-order valence-corrected chi connectivity index (χ1v) is 6.97. The Kier molecular flexibility index (Phi) is 4.61. The molecule has 19 heavy (non-hydrogen) atoms. The van der Waals surface area contributed by atoms with Gasteiger partial charge in [-0.25, -0.2) is 0 Å². The predicted molar refractivity (Wildman–Crippen MR) is 76.6 cm³/mol. The monoisotopic (exact) mass is 260 g/mol. The molecule has 0 bridgehead atoms. The Bertz CT molecular complexity index is 598. The quantitative estimate of drug-likeness (QED) is 0.798. The van der Waals surface area contributed by atoms with Gasteiger partial charge < -0.3 is 9.52 Å². The van der Waals surface area contributed by atoms with E-state index in [1.807, 2.05) is 0 Å². The Morgan fingerprint density at radius 2 is 1.95 bits per heavy atom. The van der Waals surface area contributed by atoms with E-state index in [9.17, 15) is 9.90 Å². The van der Waals surface area contributed by atoms with Gasteiger partial charge in [0.25, 0.3) is 0 Å². The van der Waals surface area contributed by atoms with Gasteiger partial charge in [0, 0.05) is 12.5 Å². The highest BCUT2D eigenvalue weighted by Gasteiger charge is 2.08. The van der Waals surface area contributed by atoms with Crippen molar-refractivity contribution >= 4 is 11.0 Å². The fourth-order valence-electron chi connectivity index (χ4n) is 2.27. The summed E-state index contributed by atoms with van der Waals surface area (Å²) in [4.78, 5) is 11.9. The molecule has 1 aromatic heterocycles. The summed E-state index contributed by atoms with van der Waals surface area (Å²) in [5.74, 6) is 0.695. The second-order valence-corrected chi connectivity index (χ2v) is 4.89. The lowest BCUT2D eigenvalue weighted by molar-refractivity contribution is 0.476. The van der Waals surface area contributed by atoms with Gasteiger partial charge in [-0.3, -0.25) is 4.79 Å². The molecule has 0 fully saturated rings. The number of fused-ring (bicyclic) bond motifs is 1. The van der Waals surface area contributed by atoms with E-state index in [0.29, 0.717) is 11.3 Å². The van der Waals surface area contributed by atoms with Gasteiger partial charge in [-0.1, -0.05) is 38.7 Å². The maximum atomic E-state index is 11.9. The van der Waals surface area contributed by atoms with E-state index < -0.39 is 0 Å². The van der Waals surface area contributed by atoms with Crippen molar-refractivity contribution in [3.05, 3.63) is 40.2 Å². The third-order valence-corrected chi connectivity index (χ3v) is 3.31. The van der Waals surface area contributed by atoms with Crippen LogP contribution in [0.4, 0.5) is 0 Å². The molecule has 1 heterocycles. The first kappa shape index (κ1) is 13.7. The largest absolute Gasteiger partial charge is 0.507 e. The van der Waals surface area contributed by atoms with Crippen LogP contribution in [0.25, 0.3) is 11.0 Å². The molecule has 2 rings (SSSR count). The topological polar surface area (TPSA) is 50.4 Å². The number of aromatic hydroxyl groups is 1. The fourth-order valence-corrected chi connectivity index (χ4v) is 2.27. The van der Waals surface area contributed by atoms with E-state index in [1.54, 1.807) is 12.1 Å². The van der Waals surface area contributed by atoms with Gasteiger partial charge in [0.1, 0.15) is 22.5 Å². The molecule has 0 atom stereocenters. The molecule has 2 aromatic rings. The van der Waals surface area contributed by atoms with E-state index in [2.05, 4.69) is 6.92 Å². The second kappa shape index (κ2) is 6.41. The molecule has 102 valence electrons. The van der Waals surface area contributed by atoms with Gasteiger partial charge in [-0.2, -0.15) is 0 Å². The molecule has 3 nitrogen and oxygen atoms in total. The Morgan fingerprint density at radius 1 is 1.16 bits per heavy atom. The molecule has 0 amide bonds. The highest BCUT2D eigenvalue weighted by molar-refractivity contribution is 5.82. The minimum atomic E-state index is -0.164. The van der Waals surface area contributed by atoms with E-state index >= 15 is 0 Å². The lowest BCUT2D eigenvalue weighted by Crippen LogP contribution is -2.02. The lowest BCUT2D eigenvalue weighted by Gasteiger charge is -2.04. The summed E-state index contributed by atoms with van der Waals surface area (Å²) < 4.78 is 5.67.